The van der Waals surface area contributed by atoms with Crippen LogP contribution in [0.5, 0.6) is 0 Å². The summed E-state index contributed by atoms with van der Waals surface area (Å²) in [4.78, 5) is 25.9. The Hall–Kier alpha value is -2.18. The van der Waals surface area contributed by atoms with Crippen LogP contribution < -0.4 is 10.6 Å². The maximum absolute atomic E-state index is 12.4. The van der Waals surface area contributed by atoms with Crippen LogP contribution in [0.15, 0.2) is 35.7 Å². The van der Waals surface area contributed by atoms with E-state index in [0.29, 0.717) is 25.4 Å². The number of ether oxygens (including phenoxy) is 1. The fourth-order valence-corrected chi connectivity index (χ4v) is 4.35. The lowest BCUT2D eigenvalue weighted by atomic mass is 9.78. The standard InChI is InChI=1S/C20H24N2O3S/c1-14-5-3-6-15(2)17(14)22-19(24)18(23)21-13-20(8-10-25-11-9-20)16-7-4-12-26-16/h3-7,12H,8-11,13H2,1-2H3,(H,21,23)(H,22,24). The molecule has 0 spiro atoms. The summed E-state index contributed by atoms with van der Waals surface area (Å²) in [6.45, 7) is 5.60. The van der Waals surface area contributed by atoms with Gasteiger partial charge in [0.1, 0.15) is 0 Å². The Morgan fingerprint density at radius 3 is 2.38 bits per heavy atom. The molecule has 2 heterocycles. The Morgan fingerprint density at radius 1 is 1.08 bits per heavy atom. The van der Waals surface area contributed by atoms with Crippen molar-refractivity contribution in [3.8, 4) is 0 Å². The van der Waals surface area contributed by atoms with Crippen LogP contribution in [0.2, 0.25) is 0 Å². The number of rotatable bonds is 4. The van der Waals surface area contributed by atoms with E-state index in [1.807, 2.05) is 43.5 Å². The number of hydrogen-bond donors (Lipinski definition) is 2. The second kappa shape index (κ2) is 8.01. The Balaban J connectivity index is 1.66. The van der Waals surface area contributed by atoms with Crippen LogP contribution >= 0.6 is 11.3 Å². The molecule has 0 saturated carbocycles. The maximum Gasteiger partial charge on any atom is 0.313 e. The highest BCUT2D eigenvalue weighted by Crippen LogP contribution is 2.36. The van der Waals surface area contributed by atoms with Gasteiger partial charge in [0.25, 0.3) is 0 Å². The van der Waals surface area contributed by atoms with Crippen molar-refractivity contribution in [2.45, 2.75) is 32.1 Å². The lowest BCUT2D eigenvalue weighted by molar-refractivity contribution is -0.136. The first-order chi connectivity index (χ1) is 12.5. The second-order valence-electron chi connectivity index (χ2n) is 6.77. The van der Waals surface area contributed by atoms with Gasteiger partial charge in [0.15, 0.2) is 0 Å². The van der Waals surface area contributed by atoms with E-state index in [2.05, 4.69) is 16.7 Å². The second-order valence-corrected chi connectivity index (χ2v) is 7.72. The number of benzene rings is 1. The zero-order chi connectivity index (χ0) is 18.6. The summed E-state index contributed by atoms with van der Waals surface area (Å²) < 4.78 is 5.50. The third-order valence-corrected chi connectivity index (χ3v) is 6.12. The van der Waals surface area contributed by atoms with Gasteiger partial charge in [-0.05, 0) is 49.3 Å². The molecule has 1 aromatic carbocycles. The van der Waals surface area contributed by atoms with Gasteiger partial charge in [0.2, 0.25) is 0 Å². The average molecular weight is 372 g/mol. The average Bonchev–Trinajstić information content (AvgIpc) is 3.19. The Bertz CT molecular complexity index is 760. The molecule has 2 N–H and O–H groups in total. The van der Waals surface area contributed by atoms with Crippen LogP contribution in [0.3, 0.4) is 0 Å². The minimum atomic E-state index is -0.629. The normalized spacial score (nSPS) is 16.1. The molecule has 1 fully saturated rings. The number of carbonyl (C=O) groups excluding carboxylic acids is 2. The fraction of sp³-hybridized carbons (Fsp3) is 0.400. The Labute approximate surface area is 157 Å². The molecule has 1 aliphatic rings. The molecular weight excluding hydrogens is 348 g/mol. The van der Waals surface area contributed by atoms with Crippen LogP contribution in [0.1, 0.15) is 28.8 Å². The minimum Gasteiger partial charge on any atom is -0.381 e. The highest BCUT2D eigenvalue weighted by atomic mass is 32.1. The molecule has 0 bridgehead atoms. The summed E-state index contributed by atoms with van der Waals surface area (Å²) in [6.07, 6.45) is 1.68. The first-order valence-electron chi connectivity index (χ1n) is 8.79. The van der Waals surface area contributed by atoms with E-state index in [1.54, 1.807) is 11.3 Å². The van der Waals surface area contributed by atoms with Gasteiger partial charge in [0.05, 0.1) is 0 Å². The molecule has 2 amide bonds. The molecule has 0 radical (unpaired) electrons. The molecule has 1 aromatic heterocycles. The third-order valence-electron chi connectivity index (χ3n) is 5.01. The molecule has 138 valence electrons. The summed E-state index contributed by atoms with van der Waals surface area (Å²) in [5, 5.41) is 7.62. The number of thiophene rings is 1. The molecule has 5 nitrogen and oxygen atoms in total. The zero-order valence-corrected chi connectivity index (χ0v) is 15.9. The van der Waals surface area contributed by atoms with Gasteiger partial charge in [-0.2, -0.15) is 0 Å². The Kier molecular flexibility index (Phi) is 5.74. The largest absolute Gasteiger partial charge is 0.381 e. The van der Waals surface area contributed by atoms with Gasteiger partial charge in [-0.1, -0.05) is 24.3 Å². The summed E-state index contributed by atoms with van der Waals surface area (Å²) in [7, 11) is 0. The number of para-hydroxylation sites is 1. The van der Waals surface area contributed by atoms with Crippen molar-refractivity contribution in [2.24, 2.45) is 0 Å². The highest BCUT2D eigenvalue weighted by molar-refractivity contribution is 7.10. The number of anilines is 1. The van der Waals surface area contributed by atoms with Crippen LogP contribution in [0.4, 0.5) is 5.69 Å². The van der Waals surface area contributed by atoms with Crippen molar-refractivity contribution in [3.63, 3.8) is 0 Å². The summed E-state index contributed by atoms with van der Waals surface area (Å²) in [5.74, 6) is -1.23. The topological polar surface area (TPSA) is 67.4 Å². The Morgan fingerprint density at radius 2 is 1.77 bits per heavy atom. The first kappa shape index (κ1) is 18.6. The number of nitrogens with one attached hydrogen (secondary N) is 2. The quantitative estimate of drug-likeness (QED) is 0.810. The van der Waals surface area contributed by atoms with Crippen LogP contribution in [-0.2, 0) is 19.7 Å². The van der Waals surface area contributed by atoms with Gasteiger partial charge < -0.3 is 15.4 Å². The molecule has 1 aliphatic heterocycles. The highest BCUT2D eigenvalue weighted by Gasteiger charge is 2.36. The van der Waals surface area contributed by atoms with Gasteiger partial charge >= 0.3 is 11.8 Å². The summed E-state index contributed by atoms with van der Waals surface area (Å²) in [5.41, 5.74) is 2.42. The van der Waals surface area contributed by atoms with Crippen molar-refractivity contribution in [2.75, 3.05) is 25.1 Å². The molecule has 0 aliphatic carbocycles. The van der Waals surface area contributed by atoms with Crippen molar-refractivity contribution in [1.82, 2.24) is 5.32 Å². The SMILES string of the molecule is Cc1cccc(C)c1NC(=O)C(=O)NCC1(c2cccs2)CCOCC1. The lowest BCUT2D eigenvalue weighted by Gasteiger charge is -2.36. The van der Waals surface area contributed by atoms with Gasteiger partial charge in [-0.15, -0.1) is 11.3 Å². The molecule has 6 heteroatoms. The molecule has 0 unspecified atom stereocenters. The monoisotopic (exact) mass is 372 g/mol. The number of aryl methyl sites for hydroxylation is 2. The predicted molar refractivity (Wildman–Crippen MR) is 104 cm³/mol. The molecule has 0 atom stereocenters. The molecule has 2 aromatic rings. The number of carbonyl (C=O) groups is 2. The van der Waals surface area contributed by atoms with E-state index < -0.39 is 11.8 Å². The molecule has 26 heavy (non-hydrogen) atoms. The minimum absolute atomic E-state index is 0.152. The third kappa shape index (κ3) is 3.97. The summed E-state index contributed by atoms with van der Waals surface area (Å²) in [6, 6.07) is 9.87. The number of hydrogen-bond acceptors (Lipinski definition) is 4. The van der Waals surface area contributed by atoms with Gasteiger partial charge in [0, 0.05) is 35.7 Å². The van der Waals surface area contributed by atoms with E-state index in [4.69, 9.17) is 4.74 Å². The lowest BCUT2D eigenvalue weighted by Crippen LogP contribution is -2.46. The van der Waals surface area contributed by atoms with E-state index in [1.165, 1.54) is 4.88 Å². The molecular formula is C20H24N2O3S. The zero-order valence-electron chi connectivity index (χ0n) is 15.1. The van der Waals surface area contributed by atoms with Gasteiger partial charge in [-0.25, -0.2) is 0 Å². The summed E-state index contributed by atoms with van der Waals surface area (Å²) >= 11 is 1.69. The van der Waals surface area contributed by atoms with Crippen LogP contribution in [0, 0.1) is 13.8 Å². The maximum atomic E-state index is 12.4. The molecule has 1 saturated heterocycles. The van der Waals surface area contributed by atoms with E-state index >= 15 is 0 Å². The van der Waals surface area contributed by atoms with E-state index in [9.17, 15) is 9.59 Å². The van der Waals surface area contributed by atoms with E-state index in [-0.39, 0.29) is 5.41 Å². The van der Waals surface area contributed by atoms with Crippen molar-refractivity contribution >= 4 is 28.8 Å². The smallest absolute Gasteiger partial charge is 0.313 e. The van der Waals surface area contributed by atoms with Crippen LogP contribution in [0.25, 0.3) is 0 Å². The van der Waals surface area contributed by atoms with Crippen molar-refractivity contribution < 1.29 is 14.3 Å². The van der Waals surface area contributed by atoms with E-state index in [0.717, 1.165) is 24.0 Å². The van der Waals surface area contributed by atoms with Gasteiger partial charge in [-0.3, -0.25) is 9.59 Å². The van der Waals surface area contributed by atoms with Crippen LogP contribution in [-0.4, -0.2) is 31.6 Å². The van der Waals surface area contributed by atoms with Crippen molar-refractivity contribution in [1.29, 1.82) is 0 Å². The predicted octanol–water partition coefficient (Wildman–Crippen LogP) is 3.17. The first-order valence-corrected chi connectivity index (χ1v) is 9.67. The fourth-order valence-electron chi connectivity index (χ4n) is 3.36. The van der Waals surface area contributed by atoms with Crippen molar-refractivity contribution in [3.05, 3.63) is 51.7 Å². The molecule has 3 rings (SSSR count). The number of amides is 2.